The topological polar surface area (TPSA) is 20.2 Å². The number of hydrogen-bond acceptors (Lipinski definition) is 1. The fourth-order valence-corrected chi connectivity index (χ4v) is 3.03. The highest BCUT2D eigenvalue weighted by molar-refractivity contribution is 5.35. The van der Waals surface area contributed by atoms with Crippen LogP contribution in [-0.2, 0) is 6.42 Å². The highest BCUT2D eigenvalue weighted by atomic mass is 16.3. The first kappa shape index (κ1) is 16.6. The van der Waals surface area contributed by atoms with Crippen molar-refractivity contribution in [1.29, 1.82) is 0 Å². The lowest BCUT2D eigenvalue weighted by Gasteiger charge is -2.08. The molecule has 118 valence electrons. The number of hydrogen-bond donors (Lipinski definition) is 1. The Hall–Kier alpha value is -1.76. The predicted molar refractivity (Wildman–Crippen MR) is 94.5 cm³/mol. The van der Waals surface area contributed by atoms with Crippen LogP contribution < -0.4 is 0 Å². The number of fused-ring (bicyclic) bond motifs is 1. The van der Waals surface area contributed by atoms with E-state index in [0.717, 1.165) is 18.3 Å². The lowest BCUT2D eigenvalue weighted by molar-refractivity contribution is 0.475. The first-order valence-corrected chi connectivity index (χ1v) is 8.39. The van der Waals surface area contributed by atoms with Gasteiger partial charge in [0.2, 0.25) is 0 Å². The van der Waals surface area contributed by atoms with Crippen LogP contribution in [0, 0.1) is 5.92 Å². The molecular formula is C21H28O. The molecular weight excluding hydrogens is 268 g/mol. The zero-order chi connectivity index (χ0) is 16.1. The zero-order valence-electron chi connectivity index (χ0n) is 14.2. The second-order valence-electron chi connectivity index (χ2n) is 6.57. The minimum absolute atomic E-state index is 0.344. The molecule has 3 atom stereocenters. The standard InChI is InChI=1S/C11H14.C10H14O/c1-8-7-10-5-3-4-6-11(10)9(8)2;1-3-8(2)9-4-6-10(11)7-5-9/h3-6,8-9H,7H2,1-2H3;4-8,11H,3H2,1-2H3. The lowest BCUT2D eigenvalue weighted by atomic mass is 9.97. The molecule has 0 saturated heterocycles. The van der Waals surface area contributed by atoms with Crippen LogP contribution in [0.25, 0.3) is 0 Å². The highest BCUT2D eigenvalue weighted by Gasteiger charge is 2.24. The van der Waals surface area contributed by atoms with E-state index in [-0.39, 0.29) is 0 Å². The molecule has 0 fully saturated rings. The third-order valence-electron chi connectivity index (χ3n) is 5.02. The van der Waals surface area contributed by atoms with E-state index < -0.39 is 0 Å². The average Bonchev–Trinajstić information content (AvgIpc) is 2.83. The molecule has 1 heteroatoms. The fourth-order valence-electron chi connectivity index (χ4n) is 3.03. The monoisotopic (exact) mass is 296 g/mol. The van der Waals surface area contributed by atoms with E-state index in [2.05, 4.69) is 52.0 Å². The van der Waals surface area contributed by atoms with Crippen molar-refractivity contribution in [2.45, 2.75) is 52.4 Å². The molecule has 1 aliphatic rings. The van der Waals surface area contributed by atoms with Crippen LogP contribution in [0.5, 0.6) is 5.75 Å². The third-order valence-corrected chi connectivity index (χ3v) is 5.02. The molecule has 0 aromatic heterocycles. The van der Waals surface area contributed by atoms with Crippen molar-refractivity contribution in [3.8, 4) is 5.75 Å². The smallest absolute Gasteiger partial charge is 0.115 e. The van der Waals surface area contributed by atoms with E-state index in [1.165, 1.54) is 12.0 Å². The van der Waals surface area contributed by atoms with Gasteiger partial charge in [-0.1, -0.05) is 64.1 Å². The number of aromatic hydroxyl groups is 1. The molecule has 3 rings (SSSR count). The predicted octanol–water partition coefficient (Wildman–Crippen LogP) is 5.89. The van der Waals surface area contributed by atoms with Crippen LogP contribution in [0.3, 0.4) is 0 Å². The summed E-state index contributed by atoms with van der Waals surface area (Å²) in [6.45, 7) is 9.02. The molecule has 0 heterocycles. The van der Waals surface area contributed by atoms with Gasteiger partial charge in [0.25, 0.3) is 0 Å². The summed E-state index contributed by atoms with van der Waals surface area (Å²) in [6, 6.07) is 16.2. The van der Waals surface area contributed by atoms with E-state index in [1.54, 1.807) is 23.3 Å². The van der Waals surface area contributed by atoms with Gasteiger partial charge in [-0.25, -0.2) is 0 Å². The molecule has 2 aromatic rings. The molecule has 1 aliphatic carbocycles. The number of phenolic OH excluding ortho intramolecular Hbond substituents is 1. The molecule has 2 aromatic carbocycles. The summed E-state index contributed by atoms with van der Waals surface area (Å²) in [7, 11) is 0. The van der Waals surface area contributed by atoms with Crippen molar-refractivity contribution < 1.29 is 5.11 Å². The van der Waals surface area contributed by atoms with Gasteiger partial charge in [0.1, 0.15) is 5.75 Å². The zero-order valence-corrected chi connectivity index (χ0v) is 14.2. The Morgan fingerprint density at radius 3 is 2.27 bits per heavy atom. The van der Waals surface area contributed by atoms with Gasteiger partial charge in [0, 0.05) is 0 Å². The second kappa shape index (κ2) is 7.49. The SMILES string of the molecule is CC1Cc2ccccc2C1C.CCC(C)c1ccc(O)cc1. The van der Waals surface area contributed by atoms with Crippen LogP contribution >= 0.6 is 0 Å². The molecule has 0 spiro atoms. The van der Waals surface area contributed by atoms with E-state index in [4.69, 9.17) is 5.11 Å². The summed E-state index contributed by atoms with van der Waals surface area (Å²) in [5.41, 5.74) is 4.43. The van der Waals surface area contributed by atoms with Crippen molar-refractivity contribution in [1.82, 2.24) is 0 Å². The number of phenols is 1. The number of benzene rings is 2. The quantitative estimate of drug-likeness (QED) is 0.732. The maximum atomic E-state index is 9.01. The molecule has 0 bridgehead atoms. The Balaban J connectivity index is 0.000000160. The largest absolute Gasteiger partial charge is 0.508 e. The normalized spacial score (nSPS) is 20.7. The van der Waals surface area contributed by atoms with Crippen LogP contribution in [0.1, 0.15) is 62.6 Å². The van der Waals surface area contributed by atoms with E-state index in [0.29, 0.717) is 11.7 Å². The molecule has 0 saturated carbocycles. The Bertz CT molecular complexity index is 585. The Labute approximate surface area is 135 Å². The first-order valence-electron chi connectivity index (χ1n) is 8.39. The lowest BCUT2D eigenvalue weighted by Crippen LogP contribution is -1.97. The average molecular weight is 296 g/mol. The molecule has 1 nitrogen and oxygen atoms in total. The van der Waals surface area contributed by atoms with E-state index in [9.17, 15) is 0 Å². The van der Waals surface area contributed by atoms with Crippen LogP contribution in [0.15, 0.2) is 48.5 Å². The Morgan fingerprint density at radius 1 is 1.05 bits per heavy atom. The van der Waals surface area contributed by atoms with Crippen molar-refractivity contribution in [3.05, 3.63) is 65.2 Å². The van der Waals surface area contributed by atoms with Gasteiger partial charge >= 0.3 is 0 Å². The molecule has 3 unspecified atom stereocenters. The minimum Gasteiger partial charge on any atom is -0.508 e. The van der Waals surface area contributed by atoms with Crippen LogP contribution in [-0.4, -0.2) is 5.11 Å². The summed E-state index contributed by atoms with van der Waals surface area (Å²) >= 11 is 0. The second-order valence-corrected chi connectivity index (χ2v) is 6.57. The highest BCUT2D eigenvalue weighted by Crippen LogP contribution is 2.36. The first-order chi connectivity index (χ1) is 10.5. The minimum atomic E-state index is 0.344. The van der Waals surface area contributed by atoms with Gasteiger partial charge in [0.15, 0.2) is 0 Å². The maximum Gasteiger partial charge on any atom is 0.115 e. The molecule has 22 heavy (non-hydrogen) atoms. The summed E-state index contributed by atoms with van der Waals surface area (Å²) in [6.07, 6.45) is 2.42. The summed E-state index contributed by atoms with van der Waals surface area (Å²) < 4.78 is 0. The van der Waals surface area contributed by atoms with Crippen molar-refractivity contribution in [2.24, 2.45) is 5.92 Å². The fraction of sp³-hybridized carbons (Fsp3) is 0.429. The molecule has 1 N–H and O–H groups in total. The summed E-state index contributed by atoms with van der Waals surface area (Å²) in [5, 5.41) is 9.01. The van der Waals surface area contributed by atoms with Crippen molar-refractivity contribution in [3.63, 3.8) is 0 Å². The van der Waals surface area contributed by atoms with Gasteiger partial charge in [-0.2, -0.15) is 0 Å². The third kappa shape index (κ3) is 3.91. The van der Waals surface area contributed by atoms with Gasteiger partial charge in [-0.05, 0) is 59.4 Å². The van der Waals surface area contributed by atoms with E-state index in [1.807, 2.05) is 12.1 Å². The Kier molecular flexibility index (Phi) is 5.65. The van der Waals surface area contributed by atoms with Crippen molar-refractivity contribution in [2.75, 3.05) is 0 Å². The number of rotatable bonds is 2. The summed E-state index contributed by atoms with van der Waals surface area (Å²) in [5.74, 6) is 2.55. The molecule has 0 radical (unpaired) electrons. The van der Waals surface area contributed by atoms with Gasteiger partial charge in [-0.15, -0.1) is 0 Å². The van der Waals surface area contributed by atoms with Gasteiger partial charge in [0.05, 0.1) is 0 Å². The summed E-state index contributed by atoms with van der Waals surface area (Å²) in [4.78, 5) is 0. The van der Waals surface area contributed by atoms with Crippen LogP contribution in [0.4, 0.5) is 0 Å². The Morgan fingerprint density at radius 2 is 1.68 bits per heavy atom. The maximum absolute atomic E-state index is 9.01. The van der Waals surface area contributed by atoms with Crippen molar-refractivity contribution >= 4 is 0 Å². The van der Waals surface area contributed by atoms with Crippen LogP contribution in [0.2, 0.25) is 0 Å². The molecule has 0 aliphatic heterocycles. The van der Waals surface area contributed by atoms with E-state index >= 15 is 0 Å². The van der Waals surface area contributed by atoms with Gasteiger partial charge < -0.3 is 5.11 Å². The molecule has 0 amide bonds. The van der Waals surface area contributed by atoms with Gasteiger partial charge in [-0.3, -0.25) is 0 Å².